The molecule has 40 heavy (non-hydrogen) atoms. The van der Waals surface area contributed by atoms with E-state index in [4.69, 9.17) is 9.98 Å². The summed E-state index contributed by atoms with van der Waals surface area (Å²) in [5, 5.41) is 6.57. The molecule has 4 amide bonds. The molecular weight excluding hydrogens is 500 g/mol. The van der Waals surface area contributed by atoms with Crippen LogP contribution in [0.15, 0.2) is 70.6 Å². The zero-order valence-corrected chi connectivity index (χ0v) is 24.4. The van der Waals surface area contributed by atoms with E-state index in [1.54, 1.807) is 4.90 Å². The van der Waals surface area contributed by atoms with Gasteiger partial charge in [-0.2, -0.15) is 0 Å². The van der Waals surface area contributed by atoms with Gasteiger partial charge >= 0.3 is 12.1 Å². The molecule has 2 N–H and O–H groups in total. The third-order valence-corrected chi connectivity index (χ3v) is 8.23. The third-order valence-electron chi connectivity index (χ3n) is 8.23. The first kappa shape index (κ1) is 27.9. The molecule has 8 nitrogen and oxygen atoms in total. The lowest BCUT2D eigenvalue weighted by Crippen LogP contribution is -2.53. The van der Waals surface area contributed by atoms with Gasteiger partial charge in [-0.25, -0.2) is 9.59 Å². The van der Waals surface area contributed by atoms with Crippen LogP contribution >= 0.6 is 0 Å². The number of aliphatic imine (C=N–C) groups is 2. The molecule has 1 saturated carbocycles. The van der Waals surface area contributed by atoms with Crippen molar-refractivity contribution < 1.29 is 9.59 Å². The number of rotatable bonds is 5. The van der Waals surface area contributed by atoms with Crippen molar-refractivity contribution in [2.24, 2.45) is 20.8 Å². The number of hydrogen-bond acceptors (Lipinski definition) is 4. The van der Waals surface area contributed by atoms with E-state index >= 15 is 0 Å². The number of carbonyl (C=O) groups is 2. The minimum Gasteiger partial charge on any atom is -0.337 e. The Labute approximate surface area is 238 Å². The predicted molar refractivity (Wildman–Crippen MR) is 159 cm³/mol. The predicted octanol–water partition coefficient (Wildman–Crippen LogP) is 5.94. The minimum absolute atomic E-state index is 0.00455. The Morgan fingerprint density at radius 2 is 1.30 bits per heavy atom. The fraction of sp³-hybridized carbons (Fsp3) is 0.500. The lowest BCUT2D eigenvalue weighted by atomic mass is 9.62. The first-order valence-electron chi connectivity index (χ1n) is 14.3. The number of amides is 4. The molecule has 5 rings (SSSR count). The summed E-state index contributed by atoms with van der Waals surface area (Å²) in [5.74, 6) is 0. The van der Waals surface area contributed by atoms with Crippen LogP contribution in [0.25, 0.3) is 0 Å². The van der Waals surface area contributed by atoms with Gasteiger partial charge in [0.25, 0.3) is 0 Å². The normalized spacial score (nSPS) is 27.7. The molecule has 8 heteroatoms. The number of hydrogen-bond donors (Lipinski definition) is 2. The van der Waals surface area contributed by atoms with E-state index in [0.29, 0.717) is 19.6 Å². The summed E-state index contributed by atoms with van der Waals surface area (Å²) in [7, 11) is 0. The van der Waals surface area contributed by atoms with Crippen LogP contribution in [0.3, 0.4) is 0 Å². The Bertz CT molecular complexity index is 1290. The maximum absolute atomic E-state index is 13.6. The molecule has 0 radical (unpaired) electrons. The fourth-order valence-electron chi connectivity index (χ4n) is 6.95. The van der Waals surface area contributed by atoms with Gasteiger partial charge in [0.2, 0.25) is 0 Å². The van der Waals surface area contributed by atoms with Crippen LogP contribution in [0.1, 0.15) is 77.3 Å². The summed E-state index contributed by atoms with van der Waals surface area (Å²) >= 11 is 0. The van der Waals surface area contributed by atoms with E-state index in [0.717, 1.165) is 41.8 Å². The van der Waals surface area contributed by atoms with Crippen molar-refractivity contribution in [3.63, 3.8) is 0 Å². The van der Waals surface area contributed by atoms with Crippen LogP contribution in [0.2, 0.25) is 0 Å². The fourth-order valence-corrected chi connectivity index (χ4v) is 6.95. The van der Waals surface area contributed by atoms with E-state index in [1.165, 1.54) is 0 Å². The van der Waals surface area contributed by atoms with Gasteiger partial charge in [-0.15, -0.1) is 0 Å². The third kappa shape index (κ3) is 6.21. The summed E-state index contributed by atoms with van der Waals surface area (Å²) in [4.78, 5) is 40.1. The molecule has 2 heterocycles. The molecule has 3 aliphatic rings. The second-order valence-corrected chi connectivity index (χ2v) is 12.9. The molecule has 4 unspecified atom stereocenters. The highest BCUT2D eigenvalue weighted by molar-refractivity contribution is 5.91. The van der Waals surface area contributed by atoms with Gasteiger partial charge in [0.15, 0.2) is 12.3 Å². The summed E-state index contributed by atoms with van der Waals surface area (Å²) in [6.07, 6.45) is 2.05. The van der Waals surface area contributed by atoms with Crippen molar-refractivity contribution in [3.8, 4) is 0 Å². The molecule has 2 aliphatic heterocycles. The monoisotopic (exact) mass is 542 g/mol. The largest absolute Gasteiger partial charge is 0.337 e. The summed E-state index contributed by atoms with van der Waals surface area (Å²) < 4.78 is 0. The van der Waals surface area contributed by atoms with Crippen LogP contribution in [0.4, 0.5) is 9.59 Å². The molecule has 2 aromatic carbocycles. The van der Waals surface area contributed by atoms with Gasteiger partial charge in [-0.3, -0.25) is 19.8 Å². The number of benzene rings is 2. The van der Waals surface area contributed by atoms with Crippen molar-refractivity contribution in [3.05, 3.63) is 71.8 Å². The molecular formula is C32H42N6O2. The number of nitrogens with one attached hydrogen (secondary N) is 2. The highest BCUT2D eigenvalue weighted by Gasteiger charge is 2.43. The molecule has 0 saturated heterocycles. The van der Waals surface area contributed by atoms with Crippen LogP contribution in [0, 0.1) is 10.8 Å². The van der Waals surface area contributed by atoms with Crippen LogP contribution in [-0.2, 0) is 0 Å². The minimum atomic E-state index is -0.299. The van der Waals surface area contributed by atoms with Crippen LogP contribution < -0.4 is 10.6 Å². The smallest absolute Gasteiger partial charge is 0.319 e. The Kier molecular flexibility index (Phi) is 7.71. The summed E-state index contributed by atoms with van der Waals surface area (Å²) in [6.45, 7) is 12.3. The van der Waals surface area contributed by atoms with Crippen molar-refractivity contribution in [1.82, 2.24) is 20.4 Å². The summed E-state index contributed by atoms with van der Waals surface area (Å²) in [5.41, 5.74) is 3.79. The Balaban J connectivity index is 1.23. The van der Waals surface area contributed by atoms with Crippen molar-refractivity contribution in [2.45, 2.75) is 72.3 Å². The van der Waals surface area contributed by atoms with Gasteiger partial charge in [-0.1, -0.05) is 81.4 Å². The average molecular weight is 543 g/mol. The molecule has 1 fully saturated rings. The quantitative estimate of drug-likeness (QED) is 0.490. The maximum atomic E-state index is 13.6. The number of carbonyl (C=O) groups excluding carboxylic acids is 2. The molecule has 212 valence electrons. The lowest BCUT2D eigenvalue weighted by Gasteiger charge is -2.47. The van der Waals surface area contributed by atoms with Crippen molar-refractivity contribution in [2.75, 3.05) is 19.6 Å². The molecule has 0 aromatic heterocycles. The lowest BCUT2D eigenvalue weighted by molar-refractivity contribution is 0.0702. The molecule has 1 aliphatic carbocycles. The number of urea groups is 2. The van der Waals surface area contributed by atoms with Crippen LogP contribution in [0.5, 0.6) is 0 Å². The molecule has 4 atom stereocenters. The Morgan fingerprint density at radius 1 is 0.800 bits per heavy atom. The Hall–Kier alpha value is -3.68. The van der Waals surface area contributed by atoms with Crippen molar-refractivity contribution in [1.29, 1.82) is 0 Å². The van der Waals surface area contributed by atoms with E-state index in [1.807, 2.05) is 79.4 Å². The molecule has 0 spiro atoms. The number of nitrogens with zero attached hydrogens (tertiary/aromatic N) is 4. The van der Waals surface area contributed by atoms with E-state index in [-0.39, 0.29) is 41.3 Å². The van der Waals surface area contributed by atoms with E-state index in [9.17, 15) is 9.59 Å². The SMILES string of the molecule is CC1=NC(c2ccccc2)N(C(=O)NCC2(C)CC(NC(=O)N3CC(C)=NC3c3ccccc3)CC(C)(C)C2)C1. The van der Waals surface area contributed by atoms with Gasteiger partial charge < -0.3 is 10.6 Å². The van der Waals surface area contributed by atoms with Crippen molar-refractivity contribution >= 4 is 23.5 Å². The topological polar surface area (TPSA) is 89.4 Å². The first-order chi connectivity index (χ1) is 19.0. The van der Waals surface area contributed by atoms with Gasteiger partial charge in [0, 0.05) is 24.0 Å². The van der Waals surface area contributed by atoms with E-state index < -0.39 is 0 Å². The Morgan fingerprint density at radius 3 is 1.82 bits per heavy atom. The maximum Gasteiger partial charge on any atom is 0.319 e. The van der Waals surface area contributed by atoms with Gasteiger partial charge in [0.1, 0.15) is 0 Å². The van der Waals surface area contributed by atoms with Gasteiger partial charge in [-0.05, 0) is 55.1 Å². The standard InChI is InChI=1S/C32H42N6O2/c1-22-18-37(27(34-22)24-12-8-6-9-13-24)29(39)33-21-32(5)17-26(16-31(3,4)20-32)36-30(40)38-19-23(2)35-28(38)25-14-10-7-11-15-25/h6-15,26-28H,16-21H2,1-5H3,(H,33,39)(H,36,40). The van der Waals surface area contributed by atoms with Crippen LogP contribution in [-0.4, -0.2) is 59.0 Å². The van der Waals surface area contributed by atoms with E-state index in [2.05, 4.69) is 31.4 Å². The average Bonchev–Trinajstić information content (AvgIpc) is 3.50. The zero-order valence-electron chi connectivity index (χ0n) is 24.4. The van der Waals surface area contributed by atoms with Gasteiger partial charge in [0.05, 0.1) is 13.1 Å². The first-order valence-corrected chi connectivity index (χ1v) is 14.3. The highest BCUT2D eigenvalue weighted by Crippen LogP contribution is 2.46. The zero-order chi connectivity index (χ0) is 28.5. The molecule has 0 bridgehead atoms. The second-order valence-electron chi connectivity index (χ2n) is 12.9. The highest BCUT2D eigenvalue weighted by atomic mass is 16.2. The summed E-state index contributed by atoms with van der Waals surface area (Å²) in [6, 6.07) is 19.8. The second kappa shape index (κ2) is 11.1. The molecule has 2 aromatic rings.